The molecule has 2 atom stereocenters. The van der Waals surface area contributed by atoms with E-state index in [1.807, 2.05) is 0 Å². The SMILES string of the molecule is CCc1nn(C)c(CC2CCCCCC2CNC)c1Br. The monoisotopic (exact) mass is 341 g/mol. The first-order valence-electron chi connectivity index (χ1n) is 8.02. The summed E-state index contributed by atoms with van der Waals surface area (Å²) in [6.45, 7) is 3.33. The molecule has 1 saturated carbocycles. The molecule has 0 amide bonds. The average Bonchev–Trinajstić information content (AvgIpc) is 2.61. The highest BCUT2D eigenvalue weighted by Gasteiger charge is 2.26. The Hall–Kier alpha value is -0.350. The fourth-order valence-corrected chi connectivity index (χ4v) is 4.33. The lowest BCUT2D eigenvalue weighted by Gasteiger charge is -2.25. The van der Waals surface area contributed by atoms with Crippen molar-refractivity contribution in [3.8, 4) is 0 Å². The molecule has 20 heavy (non-hydrogen) atoms. The van der Waals surface area contributed by atoms with Gasteiger partial charge in [0.1, 0.15) is 0 Å². The second-order valence-corrected chi connectivity index (χ2v) is 6.90. The van der Waals surface area contributed by atoms with Gasteiger partial charge in [-0.2, -0.15) is 5.10 Å². The lowest BCUT2D eigenvalue weighted by atomic mass is 9.84. The smallest absolute Gasteiger partial charge is 0.0766 e. The zero-order valence-electron chi connectivity index (χ0n) is 13.1. The van der Waals surface area contributed by atoms with Gasteiger partial charge < -0.3 is 5.32 Å². The molecule has 1 N–H and O–H groups in total. The first kappa shape index (κ1) is 16.0. The van der Waals surface area contributed by atoms with E-state index in [4.69, 9.17) is 0 Å². The van der Waals surface area contributed by atoms with E-state index in [0.29, 0.717) is 0 Å². The number of halogens is 1. The van der Waals surface area contributed by atoms with Gasteiger partial charge in [-0.25, -0.2) is 0 Å². The lowest BCUT2D eigenvalue weighted by Crippen LogP contribution is -2.27. The summed E-state index contributed by atoms with van der Waals surface area (Å²) in [6.07, 6.45) is 9.10. The Labute approximate surface area is 131 Å². The van der Waals surface area contributed by atoms with Gasteiger partial charge in [0.05, 0.1) is 15.9 Å². The Balaban J connectivity index is 2.15. The standard InChI is InChI=1S/C16H28BrN3/c1-4-14-16(17)15(20(3)19-14)10-12-8-6-5-7-9-13(12)11-18-2/h12-13,18H,4-11H2,1-3H3. The molecular formula is C16H28BrN3. The van der Waals surface area contributed by atoms with E-state index >= 15 is 0 Å². The van der Waals surface area contributed by atoms with Gasteiger partial charge in [0.15, 0.2) is 0 Å². The van der Waals surface area contributed by atoms with Crippen LogP contribution >= 0.6 is 15.9 Å². The van der Waals surface area contributed by atoms with Crippen LogP contribution in [0.1, 0.15) is 50.4 Å². The highest BCUT2D eigenvalue weighted by molar-refractivity contribution is 9.10. The van der Waals surface area contributed by atoms with Crippen molar-refractivity contribution in [1.29, 1.82) is 0 Å². The Kier molecular flexibility index (Phi) is 6.09. The number of nitrogens with one attached hydrogen (secondary N) is 1. The molecule has 0 bridgehead atoms. The summed E-state index contributed by atoms with van der Waals surface area (Å²) < 4.78 is 3.33. The van der Waals surface area contributed by atoms with Crippen molar-refractivity contribution in [2.24, 2.45) is 18.9 Å². The van der Waals surface area contributed by atoms with Crippen molar-refractivity contribution >= 4 is 15.9 Å². The Morgan fingerprint density at radius 1 is 1.25 bits per heavy atom. The van der Waals surface area contributed by atoms with Gasteiger partial charge in [-0.3, -0.25) is 4.68 Å². The predicted molar refractivity (Wildman–Crippen MR) is 88.0 cm³/mol. The molecule has 2 rings (SSSR count). The predicted octanol–water partition coefficient (Wildman–Crippen LogP) is 3.70. The van der Waals surface area contributed by atoms with Crippen LogP contribution in [-0.2, 0) is 19.9 Å². The molecular weight excluding hydrogens is 314 g/mol. The van der Waals surface area contributed by atoms with Crippen LogP contribution in [0.15, 0.2) is 4.47 Å². The molecule has 1 aromatic heterocycles. The van der Waals surface area contributed by atoms with Gasteiger partial charge >= 0.3 is 0 Å². The molecule has 2 unspecified atom stereocenters. The van der Waals surface area contributed by atoms with Crippen molar-refractivity contribution in [3.63, 3.8) is 0 Å². The summed E-state index contributed by atoms with van der Waals surface area (Å²) in [5.74, 6) is 1.61. The molecule has 114 valence electrons. The number of nitrogens with zero attached hydrogens (tertiary/aromatic N) is 2. The van der Waals surface area contributed by atoms with Crippen LogP contribution < -0.4 is 5.32 Å². The molecule has 3 nitrogen and oxygen atoms in total. The summed E-state index contributed by atoms with van der Waals surface area (Å²) in [5.41, 5.74) is 2.58. The van der Waals surface area contributed by atoms with Crippen LogP contribution in [0, 0.1) is 11.8 Å². The summed E-state index contributed by atoms with van der Waals surface area (Å²) >= 11 is 3.77. The first-order chi connectivity index (χ1) is 9.67. The van der Waals surface area contributed by atoms with Gasteiger partial charge in [-0.05, 0) is 67.0 Å². The van der Waals surface area contributed by atoms with Gasteiger partial charge in [0.25, 0.3) is 0 Å². The zero-order chi connectivity index (χ0) is 14.5. The maximum atomic E-state index is 4.64. The normalized spacial score (nSPS) is 23.8. The minimum absolute atomic E-state index is 0.793. The van der Waals surface area contributed by atoms with Crippen molar-refractivity contribution in [2.45, 2.75) is 51.9 Å². The Morgan fingerprint density at radius 3 is 2.55 bits per heavy atom. The van der Waals surface area contributed by atoms with Crippen molar-refractivity contribution in [3.05, 3.63) is 15.9 Å². The second kappa shape index (κ2) is 7.60. The molecule has 0 spiro atoms. The number of rotatable bonds is 5. The highest BCUT2D eigenvalue weighted by Crippen LogP contribution is 2.33. The van der Waals surface area contributed by atoms with Gasteiger partial charge in [-0.1, -0.05) is 26.2 Å². The van der Waals surface area contributed by atoms with Gasteiger partial charge in [-0.15, -0.1) is 0 Å². The molecule has 1 heterocycles. The van der Waals surface area contributed by atoms with E-state index in [1.54, 1.807) is 0 Å². The highest BCUT2D eigenvalue weighted by atomic mass is 79.9. The number of aryl methyl sites for hydroxylation is 2. The van der Waals surface area contributed by atoms with E-state index in [9.17, 15) is 0 Å². The summed E-state index contributed by atoms with van der Waals surface area (Å²) in [6, 6.07) is 0. The molecule has 0 aromatic carbocycles. The average molecular weight is 342 g/mol. The van der Waals surface area contributed by atoms with Crippen LogP contribution in [0.3, 0.4) is 0 Å². The van der Waals surface area contributed by atoms with Crippen LogP contribution in [0.4, 0.5) is 0 Å². The van der Waals surface area contributed by atoms with E-state index in [2.05, 4.69) is 52.0 Å². The summed E-state index contributed by atoms with van der Waals surface area (Å²) in [4.78, 5) is 0. The number of aromatic nitrogens is 2. The Bertz CT molecular complexity index is 428. The third kappa shape index (κ3) is 3.64. The van der Waals surface area contributed by atoms with Crippen molar-refractivity contribution in [1.82, 2.24) is 15.1 Å². The van der Waals surface area contributed by atoms with Gasteiger partial charge in [0, 0.05) is 7.05 Å². The molecule has 1 aliphatic carbocycles. The minimum Gasteiger partial charge on any atom is -0.319 e. The summed E-state index contributed by atoms with van der Waals surface area (Å²) in [7, 11) is 4.17. The molecule has 0 aliphatic heterocycles. The largest absolute Gasteiger partial charge is 0.319 e. The number of hydrogen-bond donors (Lipinski definition) is 1. The zero-order valence-corrected chi connectivity index (χ0v) is 14.7. The molecule has 0 radical (unpaired) electrons. The number of hydrogen-bond acceptors (Lipinski definition) is 2. The molecule has 1 aliphatic rings. The lowest BCUT2D eigenvalue weighted by molar-refractivity contribution is 0.299. The van der Waals surface area contributed by atoms with Crippen LogP contribution in [0.2, 0.25) is 0 Å². The third-order valence-electron chi connectivity index (χ3n) is 4.74. The Morgan fingerprint density at radius 2 is 1.95 bits per heavy atom. The van der Waals surface area contributed by atoms with E-state index < -0.39 is 0 Å². The maximum Gasteiger partial charge on any atom is 0.0766 e. The molecule has 0 saturated heterocycles. The maximum absolute atomic E-state index is 4.64. The van der Waals surface area contributed by atoms with E-state index in [0.717, 1.165) is 31.2 Å². The van der Waals surface area contributed by atoms with Crippen LogP contribution in [0.5, 0.6) is 0 Å². The van der Waals surface area contributed by atoms with E-state index in [1.165, 1.54) is 48.0 Å². The molecule has 1 fully saturated rings. The molecule has 1 aromatic rings. The first-order valence-corrected chi connectivity index (χ1v) is 8.81. The quantitative estimate of drug-likeness (QED) is 0.827. The third-order valence-corrected chi connectivity index (χ3v) is 5.66. The molecule has 4 heteroatoms. The van der Waals surface area contributed by atoms with Crippen molar-refractivity contribution in [2.75, 3.05) is 13.6 Å². The van der Waals surface area contributed by atoms with E-state index in [-0.39, 0.29) is 0 Å². The topological polar surface area (TPSA) is 29.9 Å². The fourth-order valence-electron chi connectivity index (χ4n) is 3.55. The summed E-state index contributed by atoms with van der Waals surface area (Å²) in [5, 5.41) is 8.04. The van der Waals surface area contributed by atoms with Crippen LogP contribution in [0.25, 0.3) is 0 Å². The minimum atomic E-state index is 0.793. The van der Waals surface area contributed by atoms with Gasteiger partial charge in [0.2, 0.25) is 0 Å². The fraction of sp³-hybridized carbons (Fsp3) is 0.812. The second-order valence-electron chi connectivity index (χ2n) is 6.10. The van der Waals surface area contributed by atoms with Crippen LogP contribution in [-0.4, -0.2) is 23.4 Å². The van der Waals surface area contributed by atoms with Crippen molar-refractivity contribution < 1.29 is 0 Å².